The van der Waals surface area contributed by atoms with Crippen LogP contribution in [-0.2, 0) is 17.8 Å². The molecule has 110 valence electrons. The molecule has 3 aromatic rings. The molecule has 1 N–H and O–H groups in total. The minimum atomic E-state index is -0.145. The molecule has 0 fully saturated rings. The molecule has 0 saturated carbocycles. The first-order valence-corrected chi connectivity index (χ1v) is 9.05. The summed E-state index contributed by atoms with van der Waals surface area (Å²) in [5.41, 5.74) is 2.01. The number of thiophene rings is 1. The van der Waals surface area contributed by atoms with Crippen LogP contribution in [0.1, 0.15) is 24.3 Å². The Kier molecular flexibility index (Phi) is 2.94. The van der Waals surface area contributed by atoms with Gasteiger partial charge in [0.2, 0.25) is 4.77 Å². The van der Waals surface area contributed by atoms with Crippen molar-refractivity contribution in [3.05, 3.63) is 15.2 Å². The van der Waals surface area contributed by atoms with Crippen molar-refractivity contribution in [3.8, 4) is 0 Å². The Balaban J connectivity index is 2.16. The van der Waals surface area contributed by atoms with Gasteiger partial charge in [0.25, 0.3) is 0 Å². The molecule has 5 nitrogen and oxygen atoms in total. The molecule has 0 aliphatic carbocycles. The Morgan fingerprint density at radius 2 is 2.29 bits per heavy atom. The van der Waals surface area contributed by atoms with Crippen molar-refractivity contribution >= 4 is 51.0 Å². The second kappa shape index (κ2) is 4.52. The monoisotopic (exact) mass is 338 g/mol. The van der Waals surface area contributed by atoms with E-state index in [1.54, 1.807) is 27.6 Å². The molecule has 0 bridgehead atoms. The quantitative estimate of drug-likeness (QED) is 0.543. The summed E-state index contributed by atoms with van der Waals surface area (Å²) in [6, 6.07) is 0. The standard InChI is InChI=1S/C13H14N4OS3/c1-13(2)4-6-7(5-18-13)21-9-8(6)10-14-15-12(19)17(10)16-11(9)20-3/h4-5H2,1-3H3,(H,15,19). The van der Waals surface area contributed by atoms with Crippen molar-refractivity contribution in [3.63, 3.8) is 0 Å². The van der Waals surface area contributed by atoms with E-state index in [1.165, 1.54) is 20.5 Å². The number of fused-ring (bicyclic) bond motifs is 5. The van der Waals surface area contributed by atoms with E-state index >= 15 is 0 Å². The molecule has 4 rings (SSSR count). The van der Waals surface area contributed by atoms with Crippen LogP contribution in [0.3, 0.4) is 0 Å². The Hall–Kier alpha value is -0.960. The second-order valence-electron chi connectivity index (χ2n) is 5.71. The number of nitrogens with zero attached hydrogens (tertiary/aromatic N) is 3. The Morgan fingerprint density at radius 1 is 1.48 bits per heavy atom. The zero-order chi connectivity index (χ0) is 14.8. The highest BCUT2D eigenvalue weighted by Crippen LogP contribution is 2.42. The number of nitrogens with one attached hydrogen (secondary N) is 1. The minimum Gasteiger partial charge on any atom is -0.370 e. The maximum Gasteiger partial charge on any atom is 0.216 e. The lowest BCUT2D eigenvalue weighted by Gasteiger charge is -2.30. The number of ether oxygens (including phenoxy) is 1. The third-order valence-corrected chi connectivity index (χ3v) is 6.02. The predicted octanol–water partition coefficient (Wildman–Crippen LogP) is 3.57. The van der Waals surface area contributed by atoms with Gasteiger partial charge in [-0.05, 0) is 37.9 Å². The highest BCUT2D eigenvalue weighted by Gasteiger charge is 2.31. The molecule has 21 heavy (non-hydrogen) atoms. The first-order chi connectivity index (χ1) is 10.00. The van der Waals surface area contributed by atoms with Crippen LogP contribution >= 0.6 is 35.3 Å². The normalized spacial score (nSPS) is 17.5. The molecule has 0 aromatic carbocycles. The fourth-order valence-electron chi connectivity index (χ4n) is 2.76. The summed E-state index contributed by atoms with van der Waals surface area (Å²) >= 11 is 8.69. The zero-order valence-electron chi connectivity index (χ0n) is 11.9. The van der Waals surface area contributed by atoms with Crippen LogP contribution in [0.15, 0.2) is 5.03 Å². The summed E-state index contributed by atoms with van der Waals surface area (Å²) in [6.45, 7) is 4.92. The van der Waals surface area contributed by atoms with E-state index in [0.717, 1.165) is 17.1 Å². The fraction of sp³-hybridized carbons (Fsp3) is 0.462. The fourth-order valence-corrected chi connectivity index (χ4v) is 4.86. The second-order valence-corrected chi connectivity index (χ2v) is 7.99. The number of hydrogen-bond donors (Lipinski definition) is 1. The summed E-state index contributed by atoms with van der Waals surface area (Å²) in [5.74, 6) is 0. The molecule has 0 spiro atoms. The van der Waals surface area contributed by atoms with Crippen LogP contribution in [0.25, 0.3) is 15.7 Å². The van der Waals surface area contributed by atoms with Crippen LogP contribution in [0, 0.1) is 4.77 Å². The first-order valence-electron chi connectivity index (χ1n) is 6.60. The molecular weight excluding hydrogens is 324 g/mol. The smallest absolute Gasteiger partial charge is 0.216 e. The van der Waals surface area contributed by atoms with Gasteiger partial charge in [-0.3, -0.25) is 0 Å². The average Bonchev–Trinajstić information content (AvgIpc) is 2.98. The molecule has 8 heteroatoms. The van der Waals surface area contributed by atoms with Crippen molar-refractivity contribution in [1.29, 1.82) is 0 Å². The van der Waals surface area contributed by atoms with Gasteiger partial charge in [0.15, 0.2) is 5.65 Å². The van der Waals surface area contributed by atoms with Crippen LogP contribution < -0.4 is 0 Å². The first kappa shape index (κ1) is 13.7. The lowest BCUT2D eigenvalue weighted by Crippen LogP contribution is -2.31. The summed E-state index contributed by atoms with van der Waals surface area (Å²) in [6.07, 6.45) is 2.92. The van der Waals surface area contributed by atoms with Gasteiger partial charge in [0.1, 0.15) is 5.03 Å². The molecular formula is C13H14N4OS3. The van der Waals surface area contributed by atoms with Crippen molar-refractivity contribution in [1.82, 2.24) is 19.8 Å². The van der Waals surface area contributed by atoms with E-state index in [0.29, 0.717) is 11.4 Å². The number of aromatic nitrogens is 4. The highest BCUT2D eigenvalue weighted by molar-refractivity contribution is 7.98. The molecule has 1 aliphatic heterocycles. The lowest BCUT2D eigenvalue weighted by atomic mass is 9.94. The van der Waals surface area contributed by atoms with Gasteiger partial charge in [0, 0.05) is 16.7 Å². The third kappa shape index (κ3) is 1.97. The topological polar surface area (TPSA) is 55.2 Å². The van der Waals surface area contributed by atoms with Crippen molar-refractivity contribution in [2.24, 2.45) is 0 Å². The number of H-pyrrole nitrogens is 1. The largest absolute Gasteiger partial charge is 0.370 e. The van der Waals surface area contributed by atoms with Gasteiger partial charge in [-0.25, -0.2) is 5.10 Å². The van der Waals surface area contributed by atoms with Crippen molar-refractivity contribution < 1.29 is 4.74 Å². The summed E-state index contributed by atoms with van der Waals surface area (Å²) in [5, 5.41) is 14.0. The highest BCUT2D eigenvalue weighted by atomic mass is 32.2. The van der Waals surface area contributed by atoms with Crippen molar-refractivity contribution in [2.75, 3.05) is 6.26 Å². The van der Waals surface area contributed by atoms with E-state index in [2.05, 4.69) is 29.1 Å². The zero-order valence-corrected chi connectivity index (χ0v) is 14.3. The third-order valence-electron chi connectivity index (χ3n) is 3.74. The molecule has 0 amide bonds. The Morgan fingerprint density at radius 3 is 3.05 bits per heavy atom. The van der Waals surface area contributed by atoms with Gasteiger partial charge in [-0.15, -0.1) is 23.1 Å². The number of hydrogen-bond acceptors (Lipinski definition) is 6. The summed E-state index contributed by atoms with van der Waals surface area (Å²) in [4.78, 5) is 1.28. The van der Waals surface area contributed by atoms with Gasteiger partial charge >= 0.3 is 0 Å². The van der Waals surface area contributed by atoms with E-state index in [9.17, 15) is 0 Å². The molecule has 0 saturated heterocycles. The SMILES string of the molecule is CSc1nn2c(=S)[nH]nc2c2c3c(sc12)COC(C)(C)C3. The number of thioether (sulfide) groups is 1. The maximum atomic E-state index is 5.94. The molecule has 0 unspecified atom stereocenters. The predicted molar refractivity (Wildman–Crippen MR) is 87.9 cm³/mol. The Bertz CT molecular complexity index is 921. The lowest BCUT2D eigenvalue weighted by molar-refractivity contribution is -0.0379. The molecule has 0 radical (unpaired) electrons. The van der Waals surface area contributed by atoms with E-state index in [-0.39, 0.29) is 5.60 Å². The van der Waals surface area contributed by atoms with Gasteiger partial charge < -0.3 is 4.74 Å². The van der Waals surface area contributed by atoms with E-state index < -0.39 is 0 Å². The van der Waals surface area contributed by atoms with Gasteiger partial charge in [0.05, 0.1) is 16.9 Å². The molecule has 1 aliphatic rings. The van der Waals surface area contributed by atoms with Crippen LogP contribution in [-0.4, -0.2) is 31.7 Å². The van der Waals surface area contributed by atoms with E-state index in [1.807, 2.05) is 6.26 Å². The maximum absolute atomic E-state index is 5.94. The van der Waals surface area contributed by atoms with E-state index in [4.69, 9.17) is 17.0 Å². The van der Waals surface area contributed by atoms with Gasteiger partial charge in [-0.2, -0.15) is 14.7 Å². The average molecular weight is 338 g/mol. The number of rotatable bonds is 1. The molecule has 4 heterocycles. The molecule has 3 aromatic heterocycles. The van der Waals surface area contributed by atoms with Crippen LogP contribution in [0.4, 0.5) is 0 Å². The summed E-state index contributed by atoms with van der Waals surface area (Å²) < 4.78 is 9.40. The van der Waals surface area contributed by atoms with Crippen molar-refractivity contribution in [2.45, 2.75) is 37.5 Å². The minimum absolute atomic E-state index is 0.145. The molecule has 0 atom stereocenters. The van der Waals surface area contributed by atoms with Gasteiger partial charge in [-0.1, -0.05) is 0 Å². The van der Waals surface area contributed by atoms with Crippen LogP contribution in [0.2, 0.25) is 0 Å². The summed E-state index contributed by atoms with van der Waals surface area (Å²) in [7, 11) is 0. The van der Waals surface area contributed by atoms with Crippen LogP contribution in [0.5, 0.6) is 0 Å². The Labute approximate surface area is 134 Å². The number of aromatic amines is 1.